The summed E-state index contributed by atoms with van der Waals surface area (Å²) in [4.78, 5) is 17.4. The van der Waals surface area contributed by atoms with Gasteiger partial charge in [0.2, 0.25) is 5.95 Å². The lowest BCUT2D eigenvalue weighted by molar-refractivity contribution is 0.0970. The fraction of sp³-hybridized carbons (Fsp3) is 0.250. The minimum absolute atomic E-state index is 0.0666. The van der Waals surface area contributed by atoms with E-state index in [-0.39, 0.29) is 11.6 Å². The molecule has 1 aliphatic rings. The second-order valence-corrected chi connectivity index (χ2v) is 5.15. The van der Waals surface area contributed by atoms with Crippen LogP contribution in [0.4, 0.5) is 14.5 Å². The Balaban J connectivity index is 2.07. The molecule has 1 aromatic heterocycles. The van der Waals surface area contributed by atoms with Gasteiger partial charge in [-0.3, -0.25) is 4.79 Å². The predicted molar refractivity (Wildman–Crippen MR) is 75.2 cm³/mol. The molecular formula is C16H14F2N2O. The van der Waals surface area contributed by atoms with Gasteiger partial charge in [0, 0.05) is 17.9 Å². The van der Waals surface area contributed by atoms with Crippen LogP contribution in [-0.4, -0.2) is 16.9 Å². The fourth-order valence-electron chi connectivity index (χ4n) is 2.71. The summed E-state index contributed by atoms with van der Waals surface area (Å²) in [6, 6.07) is 8.67. The van der Waals surface area contributed by atoms with Gasteiger partial charge < -0.3 is 4.90 Å². The van der Waals surface area contributed by atoms with Crippen LogP contribution in [0, 0.1) is 11.8 Å². The number of fused-ring (bicyclic) bond motifs is 1. The third kappa shape index (κ3) is 2.28. The molecule has 0 saturated heterocycles. The van der Waals surface area contributed by atoms with Crippen LogP contribution in [0.5, 0.6) is 0 Å². The second-order valence-electron chi connectivity index (χ2n) is 5.15. The Morgan fingerprint density at radius 2 is 2.05 bits per heavy atom. The van der Waals surface area contributed by atoms with Crippen LogP contribution >= 0.6 is 0 Å². The van der Waals surface area contributed by atoms with Crippen LogP contribution < -0.4 is 4.90 Å². The van der Waals surface area contributed by atoms with Crippen molar-refractivity contribution in [2.75, 3.05) is 4.90 Å². The zero-order valence-electron chi connectivity index (χ0n) is 11.5. The van der Waals surface area contributed by atoms with E-state index in [1.54, 1.807) is 0 Å². The molecule has 3 nitrogen and oxygen atoms in total. The molecule has 2 heterocycles. The summed E-state index contributed by atoms with van der Waals surface area (Å²) in [5.41, 5.74) is 1.52. The molecule has 3 rings (SSSR count). The van der Waals surface area contributed by atoms with E-state index < -0.39 is 17.7 Å². The van der Waals surface area contributed by atoms with Crippen LogP contribution in [0.1, 0.15) is 29.3 Å². The molecule has 1 aromatic carbocycles. The highest BCUT2D eigenvalue weighted by Gasteiger charge is 2.30. The standard InChI is InChI=1S/C16H14F2N2O/c1-10-6-7-11-4-2-3-5-13(11)20(10)16(21)12-8-9-19-15(18)14(12)17/h2-5,8-10H,6-7H2,1H3. The zero-order chi connectivity index (χ0) is 15.0. The first kappa shape index (κ1) is 13.7. The molecule has 0 aliphatic carbocycles. The topological polar surface area (TPSA) is 33.2 Å². The third-order valence-electron chi connectivity index (χ3n) is 3.82. The molecular weight excluding hydrogens is 274 g/mol. The number of halogens is 2. The molecule has 0 N–H and O–H groups in total. The molecule has 0 fully saturated rings. The number of carbonyl (C=O) groups is 1. The van der Waals surface area contributed by atoms with Crippen LogP contribution in [0.25, 0.3) is 0 Å². The number of hydrogen-bond acceptors (Lipinski definition) is 2. The lowest BCUT2D eigenvalue weighted by Crippen LogP contribution is -2.42. The Kier molecular flexibility index (Phi) is 3.41. The lowest BCUT2D eigenvalue weighted by Gasteiger charge is -2.35. The van der Waals surface area contributed by atoms with Crippen LogP contribution in [-0.2, 0) is 6.42 Å². The van der Waals surface area contributed by atoms with Crippen molar-refractivity contribution in [2.45, 2.75) is 25.8 Å². The number of aryl methyl sites for hydroxylation is 1. The Bertz CT molecular complexity index is 702. The van der Waals surface area contributed by atoms with Crippen LogP contribution in [0.3, 0.4) is 0 Å². The first-order valence-corrected chi connectivity index (χ1v) is 6.81. The number of pyridine rings is 1. The minimum Gasteiger partial charge on any atom is -0.305 e. The highest BCUT2D eigenvalue weighted by atomic mass is 19.2. The number of nitrogens with zero attached hydrogens (tertiary/aromatic N) is 2. The van der Waals surface area contributed by atoms with Crippen molar-refractivity contribution in [1.82, 2.24) is 4.98 Å². The lowest BCUT2D eigenvalue weighted by atomic mass is 9.96. The monoisotopic (exact) mass is 288 g/mol. The molecule has 1 unspecified atom stereocenters. The largest absolute Gasteiger partial charge is 0.305 e. The molecule has 0 radical (unpaired) electrons. The number of hydrogen-bond donors (Lipinski definition) is 0. The van der Waals surface area contributed by atoms with E-state index in [0.29, 0.717) is 0 Å². The van der Waals surface area contributed by atoms with E-state index in [9.17, 15) is 13.6 Å². The molecule has 1 amide bonds. The normalized spacial score (nSPS) is 17.5. The van der Waals surface area contributed by atoms with Gasteiger partial charge in [-0.25, -0.2) is 9.37 Å². The van der Waals surface area contributed by atoms with Gasteiger partial charge in [0.25, 0.3) is 5.91 Å². The first-order valence-electron chi connectivity index (χ1n) is 6.81. The van der Waals surface area contributed by atoms with Gasteiger partial charge in [-0.05, 0) is 37.5 Å². The number of aromatic nitrogens is 1. The summed E-state index contributed by atoms with van der Waals surface area (Å²) in [5, 5.41) is 0. The van der Waals surface area contributed by atoms with Gasteiger partial charge in [-0.1, -0.05) is 18.2 Å². The zero-order valence-corrected chi connectivity index (χ0v) is 11.5. The van der Waals surface area contributed by atoms with Gasteiger partial charge in [0.15, 0.2) is 5.82 Å². The average Bonchev–Trinajstić information content (AvgIpc) is 2.49. The molecule has 5 heteroatoms. The summed E-state index contributed by atoms with van der Waals surface area (Å²) in [7, 11) is 0. The SMILES string of the molecule is CC1CCc2ccccc2N1C(=O)c1ccnc(F)c1F. The van der Waals surface area contributed by atoms with Crippen molar-refractivity contribution in [1.29, 1.82) is 0 Å². The van der Waals surface area contributed by atoms with Crippen LogP contribution in [0.2, 0.25) is 0 Å². The van der Waals surface area contributed by atoms with Crippen molar-refractivity contribution in [3.63, 3.8) is 0 Å². The minimum atomic E-state index is -1.25. The van der Waals surface area contributed by atoms with Gasteiger partial charge >= 0.3 is 0 Å². The molecule has 1 aliphatic heterocycles. The summed E-state index contributed by atoms with van der Waals surface area (Å²) in [5.74, 6) is -2.98. The van der Waals surface area contributed by atoms with Gasteiger partial charge in [0.05, 0.1) is 5.56 Å². The summed E-state index contributed by atoms with van der Waals surface area (Å²) < 4.78 is 27.1. The molecule has 108 valence electrons. The predicted octanol–water partition coefficient (Wildman–Crippen LogP) is 3.34. The van der Waals surface area contributed by atoms with Crippen molar-refractivity contribution in [3.05, 3.63) is 59.4 Å². The molecule has 1 atom stereocenters. The molecule has 0 saturated carbocycles. The van der Waals surface area contributed by atoms with Gasteiger partial charge in [-0.2, -0.15) is 4.39 Å². The van der Waals surface area contributed by atoms with Gasteiger partial charge in [-0.15, -0.1) is 0 Å². The average molecular weight is 288 g/mol. The van der Waals surface area contributed by atoms with E-state index in [1.165, 1.54) is 11.0 Å². The second kappa shape index (κ2) is 5.24. The Hall–Kier alpha value is -2.30. The molecule has 0 spiro atoms. The Labute approximate surface area is 121 Å². The number of carbonyl (C=O) groups excluding carboxylic acids is 1. The highest BCUT2D eigenvalue weighted by molar-refractivity contribution is 6.07. The molecule has 2 aromatic rings. The molecule has 21 heavy (non-hydrogen) atoms. The number of rotatable bonds is 1. The number of benzene rings is 1. The maximum atomic E-state index is 13.8. The Morgan fingerprint density at radius 3 is 2.86 bits per heavy atom. The third-order valence-corrected chi connectivity index (χ3v) is 3.82. The van der Waals surface area contributed by atoms with E-state index in [0.717, 1.165) is 30.3 Å². The van der Waals surface area contributed by atoms with E-state index in [2.05, 4.69) is 4.98 Å². The summed E-state index contributed by atoms with van der Waals surface area (Å²) >= 11 is 0. The van der Waals surface area contributed by atoms with Crippen molar-refractivity contribution >= 4 is 11.6 Å². The van der Waals surface area contributed by atoms with Crippen LogP contribution in [0.15, 0.2) is 36.5 Å². The van der Waals surface area contributed by atoms with Gasteiger partial charge in [0.1, 0.15) is 0 Å². The fourth-order valence-corrected chi connectivity index (χ4v) is 2.71. The maximum Gasteiger partial charge on any atom is 0.261 e. The summed E-state index contributed by atoms with van der Waals surface area (Å²) in [6.07, 6.45) is 2.76. The number of amides is 1. The van der Waals surface area contributed by atoms with Crippen molar-refractivity contribution in [2.24, 2.45) is 0 Å². The van der Waals surface area contributed by atoms with E-state index >= 15 is 0 Å². The van der Waals surface area contributed by atoms with E-state index in [4.69, 9.17) is 0 Å². The number of para-hydroxylation sites is 1. The summed E-state index contributed by atoms with van der Waals surface area (Å²) in [6.45, 7) is 1.91. The smallest absolute Gasteiger partial charge is 0.261 e. The number of anilines is 1. The first-order chi connectivity index (χ1) is 10.1. The Morgan fingerprint density at radius 1 is 1.29 bits per heavy atom. The van der Waals surface area contributed by atoms with Crippen molar-refractivity contribution < 1.29 is 13.6 Å². The highest BCUT2D eigenvalue weighted by Crippen LogP contribution is 2.32. The van der Waals surface area contributed by atoms with Crippen molar-refractivity contribution in [3.8, 4) is 0 Å². The maximum absolute atomic E-state index is 13.8. The molecule has 0 bridgehead atoms. The quantitative estimate of drug-likeness (QED) is 0.754. The van der Waals surface area contributed by atoms with E-state index in [1.807, 2.05) is 31.2 Å².